The zero-order chi connectivity index (χ0) is 14.4. The number of hydrogen-bond acceptors (Lipinski definition) is 3. The van der Waals surface area contributed by atoms with Gasteiger partial charge in [-0.1, -0.05) is 6.92 Å². The molecule has 1 saturated heterocycles. The summed E-state index contributed by atoms with van der Waals surface area (Å²) in [5, 5.41) is 4.20. The summed E-state index contributed by atoms with van der Waals surface area (Å²) in [5.74, 6) is 3.28. The highest BCUT2D eigenvalue weighted by Crippen LogP contribution is 2.20. The molecule has 1 N–H and O–H groups in total. The van der Waals surface area contributed by atoms with Gasteiger partial charge < -0.3 is 14.8 Å². The average Bonchev–Trinajstić information content (AvgIpc) is 2.89. The van der Waals surface area contributed by atoms with Gasteiger partial charge in [-0.2, -0.15) is 11.8 Å². The topological polar surface area (TPSA) is 45.5 Å². The normalized spacial score (nSPS) is 20.2. The highest BCUT2D eigenvalue weighted by Gasteiger charge is 2.21. The second-order valence-electron chi connectivity index (χ2n) is 4.99. The number of hydrogen-bond donors (Lipinski definition) is 1. The van der Waals surface area contributed by atoms with Gasteiger partial charge in [0.15, 0.2) is 5.96 Å². The van der Waals surface area contributed by atoms with Crippen LogP contribution in [0.5, 0.6) is 0 Å². The molecule has 1 aliphatic rings. The Balaban J connectivity index is 1.82. The third-order valence-corrected chi connectivity index (χ3v) is 5.04. The van der Waals surface area contributed by atoms with Crippen molar-refractivity contribution in [3.05, 3.63) is 18.2 Å². The van der Waals surface area contributed by atoms with Gasteiger partial charge in [0.25, 0.3) is 0 Å². The lowest BCUT2D eigenvalue weighted by molar-refractivity contribution is 0.406. The maximum Gasteiger partial charge on any atom is 0.193 e. The van der Waals surface area contributed by atoms with Crippen molar-refractivity contribution in [2.24, 2.45) is 4.99 Å². The lowest BCUT2D eigenvalue weighted by atomic mass is 10.3. The van der Waals surface area contributed by atoms with Crippen LogP contribution in [0.1, 0.15) is 19.2 Å². The number of guanidine groups is 1. The van der Waals surface area contributed by atoms with E-state index in [9.17, 15) is 0 Å². The molecule has 1 aromatic heterocycles. The molecule has 1 fully saturated rings. The van der Waals surface area contributed by atoms with E-state index in [4.69, 9.17) is 0 Å². The Morgan fingerprint density at radius 1 is 1.60 bits per heavy atom. The van der Waals surface area contributed by atoms with Gasteiger partial charge in [0.1, 0.15) is 5.82 Å². The fourth-order valence-corrected chi connectivity index (χ4v) is 3.60. The molecule has 0 amide bonds. The third kappa shape index (κ3) is 3.91. The first-order valence-electron chi connectivity index (χ1n) is 7.29. The molecule has 0 spiro atoms. The summed E-state index contributed by atoms with van der Waals surface area (Å²) in [6.45, 7) is 8.28. The lowest BCUT2D eigenvalue weighted by Crippen LogP contribution is -2.48. The minimum atomic E-state index is 0.734. The number of aryl methyl sites for hydroxylation is 1. The SMILES string of the molecule is CCC1CN(C(=NC)NCCn2ccnc2C)CCS1. The van der Waals surface area contributed by atoms with Gasteiger partial charge in [-0.05, 0) is 13.3 Å². The molecule has 0 radical (unpaired) electrons. The number of rotatable bonds is 4. The number of thioether (sulfide) groups is 1. The first kappa shape index (κ1) is 15.2. The number of imidazole rings is 1. The quantitative estimate of drug-likeness (QED) is 0.677. The van der Waals surface area contributed by atoms with E-state index in [2.05, 4.69) is 43.4 Å². The summed E-state index contributed by atoms with van der Waals surface area (Å²) < 4.78 is 2.15. The van der Waals surface area contributed by atoms with Crippen molar-refractivity contribution in [3.8, 4) is 0 Å². The molecule has 1 aliphatic heterocycles. The molecule has 0 bridgehead atoms. The van der Waals surface area contributed by atoms with Crippen LogP contribution in [0, 0.1) is 6.92 Å². The Bertz CT molecular complexity index is 443. The summed E-state index contributed by atoms with van der Waals surface area (Å²) in [5.41, 5.74) is 0. The average molecular weight is 295 g/mol. The largest absolute Gasteiger partial charge is 0.354 e. The standard InChI is InChI=1S/C14H25N5S/c1-4-13-11-19(9-10-20-13)14(15-3)17-6-8-18-7-5-16-12(18)2/h5,7,13H,4,6,8-11H2,1-3H3,(H,15,17). The maximum atomic E-state index is 4.42. The Kier molecular flexibility index (Phi) is 5.76. The maximum absolute atomic E-state index is 4.42. The minimum Gasteiger partial charge on any atom is -0.354 e. The van der Waals surface area contributed by atoms with Crippen molar-refractivity contribution < 1.29 is 0 Å². The lowest BCUT2D eigenvalue weighted by Gasteiger charge is -2.34. The Morgan fingerprint density at radius 2 is 2.45 bits per heavy atom. The summed E-state index contributed by atoms with van der Waals surface area (Å²) in [6.07, 6.45) is 5.09. The zero-order valence-electron chi connectivity index (χ0n) is 12.7. The Hall–Kier alpha value is -1.17. The van der Waals surface area contributed by atoms with Gasteiger partial charge in [0.2, 0.25) is 0 Å². The fraction of sp³-hybridized carbons (Fsp3) is 0.714. The first-order valence-corrected chi connectivity index (χ1v) is 8.34. The smallest absolute Gasteiger partial charge is 0.193 e. The van der Waals surface area contributed by atoms with E-state index in [1.54, 1.807) is 0 Å². The van der Waals surface area contributed by atoms with Crippen LogP contribution >= 0.6 is 11.8 Å². The number of nitrogens with zero attached hydrogens (tertiary/aromatic N) is 4. The van der Waals surface area contributed by atoms with Crippen molar-refractivity contribution in [2.45, 2.75) is 32.1 Å². The molecule has 5 nitrogen and oxygen atoms in total. The second kappa shape index (κ2) is 7.57. The van der Waals surface area contributed by atoms with Crippen LogP contribution in [-0.4, -0.2) is 58.1 Å². The summed E-state index contributed by atoms with van der Waals surface area (Å²) in [4.78, 5) is 11.0. The van der Waals surface area contributed by atoms with Gasteiger partial charge in [-0.15, -0.1) is 0 Å². The molecule has 1 aromatic rings. The molecule has 2 rings (SSSR count). The van der Waals surface area contributed by atoms with E-state index >= 15 is 0 Å². The number of aliphatic imine (C=N–C) groups is 1. The monoisotopic (exact) mass is 295 g/mol. The van der Waals surface area contributed by atoms with Crippen LogP contribution in [0.2, 0.25) is 0 Å². The van der Waals surface area contributed by atoms with Gasteiger partial charge in [-0.3, -0.25) is 4.99 Å². The van der Waals surface area contributed by atoms with Crippen molar-refractivity contribution in [2.75, 3.05) is 32.4 Å². The van der Waals surface area contributed by atoms with Gasteiger partial charge in [0.05, 0.1) is 0 Å². The van der Waals surface area contributed by atoms with E-state index < -0.39 is 0 Å². The van der Waals surface area contributed by atoms with Crippen LogP contribution in [-0.2, 0) is 6.54 Å². The molecule has 2 heterocycles. The minimum absolute atomic E-state index is 0.734. The molecule has 1 atom stereocenters. The van der Waals surface area contributed by atoms with Crippen LogP contribution in [0.4, 0.5) is 0 Å². The molecule has 0 saturated carbocycles. The molecule has 112 valence electrons. The van der Waals surface area contributed by atoms with Crippen molar-refractivity contribution in [1.82, 2.24) is 19.8 Å². The Labute approximate surface area is 125 Å². The zero-order valence-corrected chi connectivity index (χ0v) is 13.5. The van der Waals surface area contributed by atoms with Crippen LogP contribution in [0.15, 0.2) is 17.4 Å². The molecular formula is C14H25N5S. The predicted molar refractivity (Wildman–Crippen MR) is 86.4 cm³/mol. The number of nitrogens with one attached hydrogen (secondary N) is 1. The first-order chi connectivity index (χ1) is 9.74. The second-order valence-corrected chi connectivity index (χ2v) is 6.40. The molecule has 1 unspecified atom stereocenters. The molecule has 0 aliphatic carbocycles. The van der Waals surface area contributed by atoms with E-state index in [0.29, 0.717) is 0 Å². The highest BCUT2D eigenvalue weighted by molar-refractivity contribution is 8.00. The van der Waals surface area contributed by atoms with E-state index in [1.165, 1.54) is 12.2 Å². The van der Waals surface area contributed by atoms with Gasteiger partial charge in [0, 0.05) is 56.6 Å². The van der Waals surface area contributed by atoms with E-state index in [1.807, 2.05) is 26.4 Å². The van der Waals surface area contributed by atoms with Crippen LogP contribution < -0.4 is 5.32 Å². The summed E-state index contributed by atoms with van der Waals surface area (Å²) in [6, 6.07) is 0. The molecule has 0 aromatic carbocycles. The Morgan fingerprint density at radius 3 is 3.10 bits per heavy atom. The number of aromatic nitrogens is 2. The highest BCUT2D eigenvalue weighted by atomic mass is 32.2. The summed E-state index contributed by atoms with van der Waals surface area (Å²) in [7, 11) is 1.87. The van der Waals surface area contributed by atoms with Gasteiger partial charge in [-0.25, -0.2) is 4.98 Å². The van der Waals surface area contributed by atoms with Crippen molar-refractivity contribution >= 4 is 17.7 Å². The summed E-state index contributed by atoms with van der Waals surface area (Å²) >= 11 is 2.08. The molecule has 20 heavy (non-hydrogen) atoms. The van der Waals surface area contributed by atoms with Crippen molar-refractivity contribution in [1.29, 1.82) is 0 Å². The van der Waals surface area contributed by atoms with E-state index in [-0.39, 0.29) is 0 Å². The molecule has 6 heteroatoms. The predicted octanol–water partition coefficient (Wildman–Crippen LogP) is 1.59. The van der Waals surface area contributed by atoms with Gasteiger partial charge >= 0.3 is 0 Å². The van der Waals surface area contributed by atoms with Crippen LogP contribution in [0.25, 0.3) is 0 Å². The van der Waals surface area contributed by atoms with E-state index in [0.717, 1.165) is 43.2 Å². The molecular weight excluding hydrogens is 270 g/mol. The van der Waals surface area contributed by atoms with Crippen molar-refractivity contribution in [3.63, 3.8) is 0 Å². The fourth-order valence-electron chi connectivity index (χ4n) is 2.42. The third-order valence-electron chi connectivity index (χ3n) is 3.66. The van der Waals surface area contributed by atoms with Crippen LogP contribution in [0.3, 0.4) is 0 Å².